The number of esters is 1. The summed E-state index contributed by atoms with van der Waals surface area (Å²) >= 11 is 5.57. The van der Waals surface area contributed by atoms with Gasteiger partial charge in [-0.1, -0.05) is 11.6 Å². The number of benzene rings is 1. The van der Waals surface area contributed by atoms with E-state index in [1.54, 1.807) is 13.8 Å². The molecule has 2 nitrogen and oxygen atoms in total. The Morgan fingerprint density at radius 2 is 1.87 bits per heavy atom. The summed E-state index contributed by atoms with van der Waals surface area (Å²) < 4.78 is 30.3. The molecule has 0 atom stereocenters. The van der Waals surface area contributed by atoms with Crippen LogP contribution >= 0.6 is 11.6 Å². The van der Waals surface area contributed by atoms with Crippen molar-refractivity contribution in [3.8, 4) is 0 Å². The van der Waals surface area contributed by atoms with E-state index in [2.05, 4.69) is 0 Å². The van der Waals surface area contributed by atoms with Crippen molar-refractivity contribution in [2.75, 3.05) is 0 Å². The zero-order valence-corrected chi connectivity index (χ0v) is 8.94. The van der Waals surface area contributed by atoms with E-state index < -0.39 is 17.6 Å². The second-order valence-corrected chi connectivity index (χ2v) is 3.61. The molecule has 15 heavy (non-hydrogen) atoms. The molecule has 0 aliphatic rings. The van der Waals surface area contributed by atoms with Gasteiger partial charge in [-0.2, -0.15) is 0 Å². The zero-order valence-electron chi connectivity index (χ0n) is 8.18. The molecule has 0 radical (unpaired) electrons. The first-order valence-corrected chi connectivity index (χ1v) is 4.65. The van der Waals surface area contributed by atoms with Crippen LogP contribution in [0.25, 0.3) is 0 Å². The summed E-state index contributed by atoms with van der Waals surface area (Å²) in [6.45, 7) is 3.29. The largest absolute Gasteiger partial charge is 0.459 e. The Labute approximate surface area is 90.8 Å². The van der Waals surface area contributed by atoms with Crippen LogP contribution in [0.15, 0.2) is 12.1 Å². The first kappa shape index (κ1) is 11.9. The third-order valence-corrected chi connectivity index (χ3v) is 1.89. The highest BCUT2D eigenvalue weighted by Crippen LogP contribution is 2.21. The van der Waals surface area contributed by atoms with E-state index in [-0.39, 0.29) is 16.7 Å². The summed E-state index contributed by atoms with van der Waals surface area (Å²) in [5, 5.41) is -0.167. The van der Waals surface area contributed by atoms with Gasteiger partial charge in [0.15, 0.2) is 11.6 Å². The maximum atomic E-state index is 12.8. The zero-order chi connectivity index (χ0) is 11.6. The molecule has 5 heteroatoms. The predicted octanol–water partition coefficient (Wildman–Crippen LogP) is 3.18. The summed E-state index contributed by atoms with van der Waals surface area (Å²) in [5.74, 6) is -3.00. The summed E-state index contributed by atoms with van der Waals surface area (Å²) in [6, 6.07) is 1.47. The maximum absolute atomic E-state index is 12.8. The maximum Gasteiger partial charge on any atom is 0.340 e. The van der Waals surface area contributed by atoms with Gasteiger partial charge in [-0.15, -0.1) is 0 Å². The number of carbonyl (C=O) groups excluding carboxylic acids is 1. The van der Waals surface area contributed by atoms with Crippen molar-refractivity contribution in [1.82, 2.24) is 0 Å². The molecule has 1 aromatic rings. The Kier molecular flexibility index (Phi) is 3.63. The second kappa shape index (κ2) is 4.57. The molecular formula is C10H9ClF2O2. The van der Waals surface area contributed by atoms with E-state index in [0.29, 0.717) is 0 Å². The topological polar surface area (TPSA) is 26.3 Å². The highest BCUT2D eigenvalue weighted by Gasteiger charge is 2.16. The molecule has 0 spiro atoms. The molecule has 0 fully saturated rings. The highest BCUT2D eigenvalue weighted by molar-refractivity contribution is 6.33. The van der Waals surface area contributed by atoms with E-state index in [4.69, 9.17) is 16.3 Å². The van der Waals surface area contributed by atoms with Crippen LogP contribution in [0.2, 0.25) is 5.02 Å². The van der Waals surface area contributed by atoms with E-state index in [1.807, 2.05) is 0 Å². The fourth-order valence-corrected chi connectivity index (χ4v) is 1.18. The minimum absolute atomic E-state index is 0.167. The van der Waals surface area contributed by atoms with Crippen molar-refractivity contribution in [2.24, 2.45) is 0 Å². The van der Waals surface area contributed by atoms with E-state index in [9.17, 15) is 13.6 Å². The van der Waals surface area contributed by atoms with Crippen LogP contribution in [0.1, 0.15) is 24.2 Å². The monoisotopic (exact) mass is 234 g/mol. The Balaban J connectivity index is 3.04. The van der Waals surface area contributed by atoms with Gasteiger partial charge >= 0.3 is 5.97 Å². The van der Waals surface area contributed by atoms with Gasteiger partial charge in [0.1, 0.15) is 0 Å². The van der Waals surface area contributed by atoms with Gasteiger partial charge in [-0.3, -0.25) is 0 Å². The molecule has 0 unspecified atom stereocenters. The number of hydrogen-bond acceptors (Lipinski definition) is 2. The van der Waals surface area contributed by atoms with Crippen LogP contribution in [-0.2, 0) is 4.74 Å². The Morgan fingerprint density at radius 3 is 2.40 bits per heavy atom. The van der Waals surface area contributed by atoms with Crippen LogP contribution in [0.5, 0.6) is 0 Å². The van der Waals surface area contributed by atoms with Gasteiger partial charge in [0.2, 0.25) is 0 Å². The number of hydrogen-bond donors (Lipinski definition) is 0. The lowest BCUT2D eigenvalue weighted by Crippen LogP contribution is -2.12. The molecule has 0 saturated carbocycles. The van der Waals surface area contributed by atoms with Gasteiger partial charge < -0.3 is 4.74 Å². The van der Waals surface area contributed by atoms with Gasteiger partial charge in [0, 0.05) is 0 Å². The van der Waals surface area contributed by atoms with Gasteiger partial charge in [-0.25, -0.2) is 13.6 Å². The van der Waals surface area contributed by atoms with Gasteiger partial charge in [-0.05, 0) is 26.0 Å². The molecule has 0 saturated heterocycles. The predicted molar refractivity (Wildman–Crippen MR) is 51.9 cm³/mol. The fourth-order valence-electron chi connectivity index (χ4n) is 0.957. The van der Waals surface area contributed by atoms with Crippen molar-refractivity contribution in [1.29, 1.82) is 0 Å². The smallest absolute Gasteiger partial charge is 0.340 e. The molecule has 0 bridgehead atoms. The molecule has 82 valence electrons. The SMILES string of the molecule is CC(C)OC(=O)c1cc(F)c(F)cc1Cl. The minimum Gasteiger partial charge on any atom is -0.459 e. The normalized spacial score (nSPS) is 10.5. The third-order valence-electron chi connectivity index (χ3n) is 1.57. The van der Waals surface area contributed by atoms with E-state index in [0.717, 1.165) is 12.1 Å². The summed E-state index contributed by atoms with van der Waals surface area (Å²) in [7, 11) is 0. The van der Waals surface area contributed by atoms with Crippen LogP contribution < -0.4 is 0 Å². The Morgan fingerprint density at radius 1 is 1.33 bits per heavy atom. The van der Waals surface area contributed by atoms with Crippen molar-refractivity contribution in [3.05, 3.63) is 34.4 Å². The third kappa shape index (κ3) is 2.89. The molecule has 0 heterocycles. The Bertz CT molecular complexity index is 391. The van der Waals surface area contributed by atoms with Crippen LogP contribution in [0.3, 0.4) is 0 Å². The van der Waals surface area contributed by atoms with E-state index in [1.165, 1.54) is 0 Å². The lowest BCUT2D eigenvalue weighted by Gasteiger charge is -2.09. The number of ether oxygens (including phenoxy) is 1. The van der Waals surface area contributed by atoms with Crippen LogP contribution in [0, 0.1) is 11.6 Å². The first-order valence-electron chi connectivity index (χ1n) is 4.27. The molecule has 0 aliphatic heterocycles. The molecular weight excluding hydrogens is 226 g/mol. The van der Waals surface area contributed by atoms with Crippen LogP contribution in [0.4, 0.5) is 8.78 Å². The average Bonchev–Trinajstić information content (AvgIpc) is 2.09. The Hall–Kier alpha value is -1.16. The molecule has 0 aliphatic carbocycles. The lowest BCUT2D eigenvalue weighted by atomic mass is 10.2. The summed E-state index contributed by atoms with van der Waals surface area (Å²) in [6.07, 6.45) is -0.346. The first-order chi connectivity index (χ1) is 6.91. The highest BCUT2D eigenvalue weighted by atomic mass is 35.5. The van der Waals surface area contributed by atoms with Gasteiger partial charge in [0.05, 0.1) is 16.7 Å². The van der Waals surface area contributed by atoms with Crippen molar-refractivity contribution >= 4 is 17.6 Å². The molecule has 1 aromatic carbocycles. The average molecular weight is 235 g/mol. The molecule has 0 N–H and O–H groups in total. The van der Waals surface area contributed by atoms with Crippen molar-refractivity contribution in [3.63, 3.8) is 0 Å². The number of rotatable bonds is 2. The quantitative estimate of drug-likeness (QED) is 0.580. The van der Waals surface area contributed by atoms with Crippen LogP contribution in [-0.4, -0.2) is 12.1 Å². The molecule has 0 amide bonds. The van der Waals surface area contributed by atoms with E-state index >= 15 is 0 Å². The van der Waals surface area contributed by atoms with Crippen molar-refractivity contribution in [2.45, 2.75) is 20.0 Å². The second-order valence-electron chi connectivity index (χ2n) is 3.20. The van der Waals surface area contributed by atoms with Crippen molar-refractivity contribution < 1.29 is 18.3 Å². The summed E-state index contributed by atoms with van der Waals surface area (Å²) in [4.78, 5) is 11.3. The number of halogens is 3. The number of carbonyl (C=O) groups is 1. The van der Waals surface area contributed by atoms with Gasteiger partial charge in [0.25, 0.3) is 0 Å². The molecule has 1 rings (SSSR count). The standard InChI is InChI=1S/C10H9ClF2O2/c1-5(2)15-10(14)6-3-8(12)9(13)4-7(6)11/h3-5H,1-2H3. The summed E-state index contributed by atoms with van der Waals surface area (Å²) in [5.41, 5.74) is -0.177. The fraction of sp³-hybridized carbons (Fsp3) is 0.300. The lowest BCUT2D eigenvalue weighted by molar-refractivity contribution is 0.0377. The molecule has 0 aromatic heterocycles. The minimum atomic E-state index is -1.13.